The van der Waals surface area contributed by atoms with Gasteiger partial charge >= 0.3 is 0 Å². The van der Waals surface area contributed by atoms with Crippen molar-refractivity contribution in [1.29, 1.82) is 0 Å². The molecule has 0 aliphatic heterocycles. The van der Waals surface area contributed by atoms with E-state index >= 15 is 0 Å². The van der Waals surface area contributed by atoms with Gasteiger partial charge in [0.2, 0.25) is 0 Å². The van der Waals surface area contributed by atoms with E-state index in [9.17, 15) is 0 Å². The van der Waals surface area contributed by atoms with Crippen LogP contribution >= 0.6 is 27.5 Å². The quantitative estimate of drug-likeness (QED) is 0.781. The van der Waals surface area contributed by atoms with Gasteiger partial charge in [-0.1, -0.05) is 39.7 Å². The summed E-state index contributed by atoms with van der Waals surface area (Å²) in [5.41, 5.74) is 0.242. The summed E-state index contributed by atoms with van der Waals surface area (Å²) in [6.07, 6.45) is 0.487. The number of aliphatic hydroxyl groups excluding tert-OH is 1. The number of hydrogen-bond acceptors (Lipinski definition) is 1. The maximum absolute atomic E-state index is 8.85. The van der Waals surface area contributed by atoms with Crippen molar-refractivity contribution in [1.82, 2.24) is 0 Å². The Balaban J connectivity index is 2.71. The highest BCUT2D eigenvalue weighted by atomic mass is 79.9. The van der Waals surface area contributed by atoms with Gasteiger partial charge in [0, 0.05) is 10.9 Å². The van der Waals surface area contributed by atoms with Crippen LogP contribution in [-0.2, 0) is 6.42 Å². The monoisotopic (exact) mass is 234 g/mol. The lowest BCUT2D eigenvalue weighted by molar-refractivity contribution is 0.257. The van der Waals surface area contributed by atoms with E-state index in [-0.39, 0.29) is 0 Å². The summed E-state index contributed by atoms with van der Waals surface area (Å²) in [5, 5.41) is 8.85. The topological polar surface area (TPSA) is 20.2 Å². The summed E-state index contributed by atoms with van der Waals surface area (Å²) in [6, 6.07) is 7.71. The minimum atomic E-state index is -0.788. The molecule has 60 valence electrons. The molecule has 0 aliphatic carbocycles. The molecule has 0 bridgehead atoms. The van der Waals surface area contributed by atoms with E-state index in [1.54, 1.807) is 0 Å². The summed E-state index contributed by atoms with van der Waals surface area (Å²) in [4.78, 5) is 0. The normalized spacial score (nSPS) is 13.0. The molecule has 0 fully saturated rings. The van der Waals surface area contributed by atoms with Crippen LogP contribution in [-0.4, -0.2) is 10.7 Å². The van der Waals surface area contributed by atoms with Crippen LogP contribution in [0.25, 0.3) is 0 Å². The summed E-state index contributed by atoms with van der Waals surface area (Å²) >= 11 is 8.73. The molecular weight excluding hydrogens is 227 g/mol. The van der Waals surface area contributed by atoms with E-state index in [1.165, 1.54) is 0 Å². The Kier molecular flexibility index (Phi) is 3.37. The molecule has 0 amide bonds. The molecule has 1 aromatic carbocycles. The van der Waals surface area contributed by atoms with Crippen molar-refractivity contribution >= 4 is 27.5 Å². The predicted molar refractivity (Wildman–Crippen MR) is 49.7 cm³/mol. The first kappa shape index (κ1) is 9.04. The Bertz CT molecular complexity index is 237. The van der Waals surface area contributed by atoms with Crippen molar-refractivity contribution in [2.75, 3.05) is 0 Å². The highest BCUT2D eigenvalue weighted by Gasteiger charge is 1.99. The second-order valence-electron chi connectivity index (χ2n) is 2.27. The lowest BCUT2D eigenvalue weighted by Crippen LogP contribution is -2.00. The Hall–Kier alpha value is -0.0500. The third-order valence-corrected chi connectivity index (χ3v) is 1.94. The lowest BCUT2D eigenvalue weighted by atomic mass is 10.2. The molecular formula is C8H8BrClO. The fourth-order valence-corrected chi connectivity index (χ4v) is 1.48. The van der Waals surface area contributed by atoms with Crippen LogP contribution in [0.3, 0.4) is 0 Å². The minimum Gasteiger partial charge on any atom is -0.377 e. The van der Waals surface area contributed by atoms with Gasteiger partial charge < -0.3 is 5.11 Å². The SMILES string of the molecule is OC(Cl)Cc1cccc(Br)c1. The predicted octanol–water partition coefficient (Wildman–Crippen LogP) is 2.55. The summed E-state index contributed by atoms with van der Waals surface area (Å²) in [7, 11) is 0. The third kappa shape index (κ3) is 3.23. The van der Waals surface area contributed by atoms with Gasteiger partial charge in [-0.2, -0.15) is 0 Å². The van der Waals surface area contributed by atoms with Crippen molar-refractivity contribution < 1.29 is 5.11 Å². The molecule has 1 aromatic rings. The lowest BCUT2D eigenvalue weighted by Gasteiger charge is -2.01. The third-order valence-electron chi connectivity index (χ3n) is 1.29. The molecule has 0 spiro atoms. The van der Waals surface area contributed by atoms with Crippen molar-refractivity contribution in [3.8, 4) is 0 Å². The molecule has 0 radical (unpaired) electrons. The molecule has 0 aromatic heterocycles. The smallest absolute Gasteiger partial charge is 0.132 e. The standard InChI is InChI=1S/C8H8BrClO/c9-7-3-1-2-6(4-7)5-8(10)11/h1-4,8,11H,5H2. The summed E-state index contributed by atoms with van der Waals surface area (Å²) < 4.78 is 1.01. The van der Waals surface area contributed by atoms with E-state index < -0.39 is 5.56 Å². The second kappa shape index (κ2) is 4.10. The van der Waals surface area contributed by atoms with Crippen molar-refractivity contribution in [2.45, 2.75) is 12.0 Å². The van der Waals surface area contributed by atoms with Crippen molar-refractivity contribution in [3.05, 3.63) is 34.3 Å². The molecule has 0 saturated carbocycles. The van der Waals surface area contributed by atoms with Crippen molar-refractivity contribution in [2.24, 2.45) is 0 Å². The van der Waals surface area contributed by atoms with Gasteiger partial charge in [-0.3, -0.25) is 0 Å². The summed E-state index contributed by atoms with van der Waals surface area (Å²) in [5.74, 6) is 0. The van der Waals surface area contributed by atoms with Crippen LogP contribution in [0.5, 0.6) is 0 Å². The number of benzene rings is 1. The molecule has 0 saturated heterocycles. The molecule has 1 nitrogen and oxygen atoms in total. The molecule has 1 atom stereocenters. The zero-order chi connectivity index (χ0) is 8.27. The zero-order valence-corrected chi connectivity index (χ0v) is 8.14. The van der Waals surface area contributed by atoms with Crippen LogP contribution in [0.2, 0.25) is 0 Å². The largest absolute Gasteiger partial charge is 0.377 e. The average molecular weight is 236 g/mol. The van der Waals surface area contributed by atoms with E-state index in [0.717, 1.165) is 10.0 Å². The molecule has 1 N–H and O–H groups in total. The minimum absolute atomic E-state index is 0.487. The number of hydrogen-bond donors (Lipinski definition) is 1. The second-order valence-corrected chi connectivity index (χ2v) is 3.69. The first-order valence-electron chi connectivity index (χ1n) is 3.25. The molecule has 1 unspecified atom stereocenters. The van der Waals surface area contributed by atoms with Gasteiger partial charge in [-0.05, 0) is 17.7 Å². The van der Waals surface area contributed by atoms with Crippen LogP contribution < -0.4 is 0 Å². The van der Waals surface area contributed by atoms with Gasteiger partial charge in [0.1, 0.15) is 5.56 Å². The highest BCUT2D eigenvalue weighted by Crippen LogP contribution is 2.13. The molecule has 0 heterocycles. The fourth-order valence-electron chi connectivity index (χ4n) is 0.858. The van der Waals surface area contributed by atoms with Gasteiger partial charge in [-0.15, -0.1) is 0 Å². The van der Waals surface area contributed by atoms with Gasteiger partial charge in [0.15, 0.2) is 0 Å². The van der Waals surface area contributed by atoms with Crippen LogP contribution in [0.15, 0.2) is 28.7 Å². The first-order valence-corrected chi connectivity index (χ1v) is 4.48. The van der Waals surface area contributed by atoms with Gasteiger partial charge in [0.25, 0.3) is 0 Å². The summed E-state index contributed by atoms with van der Waals surface area (Å²) in [6.45, 7) is 0. The van der Waals surface area contributed by atoms with Crippen LogP contribution in [0, 0.1) is 0 Å². The van der Waals surface area contributed by atoms with E-state index in [1.807, 2.05) is 24.3 Å². The van der Waals surface area contributed by atoms with Gasteiger partial charge in [0.05, 0.1) is 0 Å². The number of aliphatic hydroxyl groups is 1. The van der Waals surface area contributed by atoms with Crippen molar-refractivity contribution in [3.63, 3.8) is 0 Å². The molecule has 0 aliphatic rings. The highest BCUT2D eigenvalue weighted by molar-refractivity contribution is 9.10. The molecule has 11 heavy (non-hydrogen) atoms. The first-order chi connectivity index (χ1) is 5.18. The average Bonchev–Trinajstić information content (AvgIpc) is 1.85. The van der Waals surface area contributed by atoms with E-state index in [0.29, 0.717) is 6.42 Å². The maximum atomic E-state index is 8.85. The maximum Gasteiger partial charge on any atom is 0.132 e. The molecule has 1 rings (SSSR count). The zero-order valence-electron chi connectivity index (χ0n) is 5.80. The van der Waals surface area contributed by atoms with E-state index in [4.69, 9.17) is 16.7 Å². The van der Waals surface area contributed by atoms with Gasteiger partial charge in [-0.25, -0.2) is 0 Å². The Labute approximate surface area is 79.1 Å². The van der Waals surface area contributed by atoms with Crippen LogP contribution in [0.4, 0.5) is 0 Å². The Morgan fingerprint density at radius 3 is 2.82 bits per heavy atom. The molecule has 3 heteroatoms. The Morgan fingerprint density at radius 1 is 1.55 bits per heavy atom. The number of rotatable bonds is 2. The Morgan fingerprint density at radius 2 is 2.27 bits per heavy atom. The number of alkyl halides is 1. The van der Waals surface area contributed by atoms with E-state index in [2.05, 4.69) is 15.9 Å². The number of halogens is 2. The van der Waals surface area contributed by atoms with Crippen LogP contribution in [0.1, 0.15) is 5.56 Å². The fraction of sp³-hybridized carbons (Fsp3) is 0.250.